The van der Waals surface area contributed by atoms with E-state index in [9.17, 15) is 30.0 Å². The van der Waals surface area contributed by atoms with E-state index in [0.29, 0.717) is 54.2 Å². The molecule has 0 radical (unpaired) electrons. The molecule has 2 aromatic carbocycles. The average molecular weight is 953 g/mol. The molecule has 1 heterocycles. The molecule has 1 saturated heterocycles. The predicted molar refractivity (Wildman–Crippen MR) is 276 cm³/mol. The molecule has 1 aliphatic heterocycles. The minimum atomic E-state index is -0.312. The minimum Gasteiger partial charge on any atom is -0.396 e. The first-order chi connectivity index (χ1) is 33.1. The number of hydrogen-bond acceptors (Lipinski definition) is 9. The maximum Gasteiger partial charge on any atom is 0.319 e. The molecule has 11 nitrogen and oxygen atoms in total. The minimum absolute atomic E-state index is 0.0263. The van der Waals surface area contributed by atoms with E-state index in [-0.39, 0.29) is 64.9 Å². The van der Waals surface area contributed by atoms with Gasteiger partial charge in [0.2, 0.25) is 6.08 Å². The normalized spacial score (nSPS) is 38.0. The van der Waals surface area contributed by atoms with Crippen LogP contribution in [-0.4, -0.2) is 84.3 Å². The van der Waals surface area contributed by atoms with Crippen LogP contribution in [0.1, 0.15) is 130 Å². The van der Waals surface area contributed by atoms with E-state index >= 15 is 0 Å². The Hall–Kier alpha value is -3.67. The second-order valence-corrected chi connectivity index (χ2v) is 22.9. The van der Waals surface area contributed by atoms with Crippen molar-refractivity contribution in [1.29, 1.82) is 0 Å². The van der Waals surface area contributed by atoms with Crippen LogP contribution in [0.5, 0.6) is 0 Å². The van der Waals surface area contributed by atoms with Gasteiger partial charge in [0.05, 0.1) is 17.9 Å². The SMILES string of the molecule is C1CCOC1.C=C1CC[C@H]2[C@H](CN)[C@@H]([C@@]3(C)CC[C@H](O)C[C@@H]3CO)CC[C@]12C.C=C1CC[C@H]2[C@H](CNC(=O)Nc3ccccc3)[C@@H]([C@@]3(C)CC[C@H](O)C[C@@H]3CO)CC[C@]12C.O=C=Nc1ccccc1. The van der Waals surface area contributed by atoms with Crippen molar-refractivity contribution in [3.63, 3.8) is 0 Å². The lowest BCUT2D eigenvalue weighted by Crippen LogP contribution is -2.53. The van der Waals surface area contributed by atoms with Crippen molar-refractivity contribution in [3.8, 4) is 0 Å². The van der Waals surface area contributed by atoms with Crippen LogP contribution < -0.4 is 16.4 Å². The third-order valence-corrected chi connectivity index (χ3v) is 19.5. The van der Waals surface area contributed by atoms with E-state index < -0.39 is 0 Å². The number of amides is 2. The molecule has 69 heavy (non-hydrogen) atoms. The van der Waals surface area contributed by atoms with Gasteiger partial charge in [-0.25, -0.2) is 9.59 Å². The first-order valence-corrected chi connectivity index (χ1v) is 26.5. The number of carbonyl (C=O) groups is 1. The summed E-state index contributed by atoms with van der Waals surface area (Å²) in [4.78, 5) is 25.8. The number of aliphatic imine (C=N–C) groups is 1. The molecular formula is C58H88N4O7. The zero-order valence-corrected chi connectivity index (χ0v) is 42.6. The highest BCUT2D eigenvalue weighted by molar-refractivity contribution is 5.89. The molecule has 6 saturated carbocycles. The van der Waals surface area contributed by atoms with Crippen molar-refractivity contribution in [1.82, 2.24) is 5.32 Å². The maximum absolute atomic E-state index is 12.7. The number of isocyanates is 1. The van der Waals surface area contributed by atoms with Crippen molar-refractivity contribution in [2.75, 3.05) is 44.8 Å². The molecule has 0 bridgehead atoms. The lowest BCUT2D eigenvalue weighted by molar-refractivity contribution is -0.0927. The van der Waals surface area contributed by atoms with E-state index in [2.05, 4.69) is 56.5 Å². The van der Waals surface area contributed by atoms with Crippen molar-refractivity contribution in [3.05, 3.63) is 85.0 Å². The summed E-state index contributed by atoms with van der Waals surface area (Å²) in [7, 11) is 0. The Balaban J connectivity index is 0.000000182. The summed E-state index contributed by atoms with van der Waals surface area (Å²) in [6.07, 6.45) is 17.7. The molecular weight excluding hydrogens is 865 g/mol. The first-order valence-electron chi connectivity index (χ1n) is 26.5. The number of allylic oxidation sites excluding steroid dienone is 2. The number of rotatable bonds is 9. The first kappa shape index (κ1) is 54.7. The second kappa shape index (κ2) is 24.6. The number of nitrogens with two attached hydrogens (primary N) is 1. The molecule has 11 heteroatoms. The lowest BCUT2D eigenvalue weighted by atomic mass is 9.49. The Morgan fingerprint density at radius 2 is 1.19 bits per heavy atom. The molecule has 14 atom stereocenters. The topological polar surface area (TPSA) is 187 Å². The van der Waals surface area contributed by atoms with Crippen LogP contribution in [0.15, 0.2) is 90.0 Å². The number of benzene rings is 2. The number of para-hydroxylation sites is 2. The summed E-state index contributed by atoms with van der Waals surface area (Å²) in [6, 6.07) is 18.4. The van der Waals surface area contributed by atoms with E-state index in [4.69, 9.17) is 10.5 Å². The van der Waals surface area contributed by atoms with E-state index in [1.807, 2.05) is 48.5 Å². The molecule has 2 aromatic rings. The van der Waals surface area contributed by atoms with E-state index in [1.165, 1.54) is 49.3 Å². The fourth-order valence-corrected chi connectivity index (χ4v) is 14.9. The van der Waals surface area contributed by atoms with Crippen LogP contribution in [0.2, 0.25) is 0 Å². The number of anilines is 1. The maximum atomic E-state index is 12.7. The van der Waals surface area contributed by atoms with Gasteiger partial charge < -0.3 is 41.5 Å². The third-order valence-electron chi connectivity index (χ3n) is 19.5. The Morgan fingerprint density at radius 3 is 1.64 bits per heavy atom. The number of nitrogens with zero attached hydrogens (tertiary/aromatic N) is 1. The van der Waals surface area contributed by atoms with Crippen LogP contribution in [0.3, 0.4) is 0 Å². The summed E-state index contributed by atoms with van der Waals surface area (Å²) in [5.74, 6) is 3.31. The van der Waals surface area contributed by atoms with Gasteiger partial charge in [-0.15, -0.1) is 0 Å². The molecule has 8 N–H and O–H groups in total. The Bertz CT molecular complexity index is 2000. The Kier molecular flexibility index (Phi) is 19.5. The highest BCUT2D eigenvalue weighted by atomic mass is 16.5. The van der Waals surface area contributed by atoms with Gasteiger partial charge in [-0.3, -0.25) is 0 Å². The number of carbonyl (C=O) groups excluding carboxylic acids is 2. The number of nitrogens with one attached hydrogen (secondary N) is 2. The van der Waals surface area contributed by atoms with Crippen LogP contribution in [0.4, 0.5) is 16.2 Å². The van der Waals surface area contributed by atoms with Gasteiger partial charge in [0.1, 0.15) is 0 Å². The number of aliphatic hydroxyl groups is 4. The van der Waals surface area contributed by atoms with Gasteiger partial charge in [0.15, 0.2) is 0 Å². The Morgan fingerprint density at radius 1 is 0.710 bits per heavy atom. The molecule has 382 valence electrons. The van der Waals surface area contributed by atoms with Gasteiger partial charge in [-0.1, -0.05) is 88.4 Å². The predicted octanol–water partition coefficient (Wildman–Crippen LogP) is 10.5. The van der Waals surface area contributed by atoms with E-state index in [0.717, 1.165) is 89.7 Å². The lowest BCUT2D eigenvalue weighted by Gasteiger charge is -2.56. The van der Waals surface area contributed by atoms with Crippen LogP contribution >= 0.6 is 0 Å². The number of urea groups is 1. The summed E-state index contributed by atoms with van der Waals surface area (Å²) < 4.78 is 4.94. The van der Waals surface area contributed by atoms with Crippen LogP contribution in [0, 0.1) is 69.0 Å². The fourth-order valence-electron chi connectivity index (χ4n) is 14.9. The van der Waals surface area contributed by atoms with Gasteiger partial charge in [-0.05, 0) is 203 Å². The summed E-state index contributed by atoms with van der Waals surface area (Å²) in [5.41, 5.74) is 11.0. The van der Waals surface area contributed by atoms with Crippen LogP contribution in [-0.2, 0) is 9.53 Å². The fraction of sp³-hybridized carbons (Fsp3) is 0.690. The van der Waals surface area contributed by atoms with Gasteiger partial charge in [-0.2, -0.15) is 4.99 Å². The smallest absolute Gasteiger partial charge is 0.319 e. The second-order valence-electron chi connectivity index (χ2n) is 22.9. The highest BCUT2D eigenvalue weighted by Crippen LogP contribution is 2.65. The van der Waals surface area contributed by atoms with Crippen molar-refractivity contribution in [2.45, 2.75) is 143 Å². The largest absolute Gasteiger partial charge is 0.396 e. The molecule has 2 amide bonds. The number of aliphatic hydroxyl groups excluding tert-OH is 4. The average Bonchev–Trinajstić information content (AvgIpc) is 4.11. The molecule has 9 rings (SSSR count). The van der Waals surface area contributed by atoms with Crippen molar-refractivity contribution >= 4 is 23.5 Å². The van der Waals surface area contributed by atoms with Gasteiger partial charge in [0.25, 0.3) is 0 Å². The quantitative estimate of drug-likeness (QED) is 0.0735. The molecule has 0 spiro atoms. The van der Waals surface area contributed by atoms with Gasteiger partial charge >= 0.3 is 6.03 Å². The molecule has 7 fully saturated rings. The molecule has 6 aliphatic carbocycles. The zero-order chi connectivity index (χ0) is 49.8. The van der Waals surface area contributed by atoms with Crippen LogP contribution in [0.25, 0.3) is 0 Å². The number of fused-ring (bicyclic) bond motifs is 2. The number of ether oxygens (including phenoxy) is 1. The molecule has 7 aliphatic rings. The van der Waals surface area contributed by atoms with Crippen molar-refractivity contribution < 1.29 is 34.8 Å². The third kappa shape index (κ3) is 12.5. The number of hydrogen-bond donors (Lipinski definition) is 7. The summed E-state index contributed by atoms with van der Waals surface area (Å²) in [6.45, 7) is 21.9. The molecule has 0 aromatic heterocycles. The van der Waals surface area contributed by atoms with E-state index in [1.54, 1.807) is 12.1 Å². The molecule has 0 unspecified atom stereocenters. The monoisotopic (exact) mass is 953 g/mol. The Labute approximate surface area is 414 Å². The summed E-state index contributed by atoms with van der Waals surface area (Å²) in [5, 5.41) is 46.6. The zero-order valence-electron chi connectivity index (χ0n) is 42.6. The van der Waals surface area contributed by atoms with Gasteiger partial charge in [0, 0.05) is 38.7 Å². The summed E-state index contributed by atoms with van der Waals surface area (Å²) >= 11 is 0. The standard InChI is InChI=1S/C27H40N2O3.C20H35NO2.C7H5NO.C4H8O/c1-18-9-10-23-22(16-28-25(32)29-20-7-5-4-6-8-20)24(12-14-26(18,23)2)27(3)13-11-21(31)15-19(27)17-30;1-13-4-5-17-16(11-21)18(7-9-19(13,17)2)20(3)8-6-15(23)10-14(20)12-22;9-6-8-7-4-2-1-3-5-7;1-2-4-5-3-1/h4-8,19,21-24,30-31H,1,9-17H2,2-3H3,(H2,28,29,32);14-18,22-23H,1,4-12,21H2,2-3H3;1-5H;1-4H2/t19-,21+,22+,23+,24+,26-,27+;14-,15+,16+,17+,18+,19-,20+;;/m11../s1. The van der Waals surface area contributed by atoms with Crippen molar-refractivity contribution in [2.24, 2.45) is 79.7 Å². The highest BCUT2D eigenvalue weighted by Gasteiger charge is 2.58.